The SMILES string of the molecule is COc1ccccc1C(N)c1ccccc1SC. The second kappa shape index (κ2) is 5.94. The van der Waals surface area contributed by atoms with Crippen molar-refractivity contribution in [2.75, 3.05) is 13.4 Å². The average molecular weight is 259 g/mol. The molecule has 2 rings (SSSR count). The fourth-order valence-corrected chi connectivity index (χ4v) is 2.66. The third kappa shape index (κ3) is 2.52. The summed E-state index contributed by atoms with van der Waals surface area (Å²) in [4.78, 5) is 1.20. The molecule has 1 unspecified atom stereocenters. The van der Waals surface area contributed by atoms with E-state index in [2.05, 4.69) is 18.4 Å². The van der Waals surface area contributed by atoms with Gasteiger partial charge in [0.15, 0.2) is 0 Å². The lowest BCUT2D eigenvalue weighted by molar-refractivity contribution is 0.407. The molecule has 94 valence electrons. The highest BCUT2D eigenvalue weighted by atomic mass is 32.2. The van der Waals surface area contributed by atoms with E-state index in [9.17, 15) is 0 Å². The summed E-state index contributed by atoms with van der Waals surface area (Å²) in [6.07, 6.45) is 2.06. The van der Waals surface area contributed by atoms with Gasteiger partial charge in [0.1, 0.15) is 5.75 Å². The first-order valence-electron chi connectivity index (χ1n) is 5.79. The summed E-state index contributed by atoms with van der Waals surface area (Å²) in [5, 5.41) is 0. The largest absolute Gasteiger partial charge is 0.496 e. The molecule has 0 bridgehead atoms. The monoisotopic (exact) mass is 259 g/mol. The predicted molar refractivity (Wildman–Crippen MR) is 77.2 cm³/mol. The minimum Gasteiger partial charge on any atom is -0.496 e. The van der Waals surface area contributed by atoms with Crippen LogP contribution in [0.1, 0.15) is 17.2 Å². The molecule has 0 amide bonds. The lowest BCUT2D eigenvalue weighted by atomic mass is 9.99. The van der Waals surface area contributed by atoms with Gasteiger partial charge in [0, 0.05) is 10.5 Å². The van der Waals surface area contributed by atoms with Crippen molar-refractivity contribution in [2.24, 2.45) is 5.73 Å². The van der Waals surface area contributed by atoms with Crippen LogP contribution in [0.3, 0.4) is 0 Å². The topological polar surface area (TPSA) is 35.2 Å². The van der Waals surface area contributed by atoms with Crippen molar-refractivity contribution in [3.05, 3.63) is 59.7 Å². The van der Waals surface area contributed by atoms with Gasteiger partial charge in [-0.25, -0.2) is 0 Å². The molecule has 0 aliphatic carbocycles. The molecule has 0 saturated heterocycles. The smallest absolute Gasteiger partial charge is 0.123 e. The summed E-state index contributed by atoms with van der Waals surface area (Å²) in [6.45, 7) is 0. The molecule has 2 aromatic carbocycles. The van der Waals surface area contributed by atoms with E-state index < -0.39 is 0 Å². The van der Waals surface area contributed by atoms with Gasteiger partial charge in [0.2, 0.25) is 0 Å². The fourth-order valence-electron chi connectivity index (χ4n) is 2.01. The summed E-state index contributed by atoms with van der Waals surface area (Å²) in [7, 11) is 1.67. The van der Waals surface area contributed by atoms with E-state index in [1.165, 1.54) is 4.90 Å². The Balaban J connectivity index is 2.44. The Labute approximate surface area is 112 Å². The maximum absolute atomic E-state index is 6.38. The lowest BCUT2D eigenvalue weighted by Gasteiger charge is -2.18. The molecule has 0 aliphatic rings. The van der Waals surface area contributed by atoms with E-state index >= 15 is 0 Å². The van der Waals surface area contributed by atoms with Gasteiger partial charge in [-0.05, 0) is 24.0 Å². The minimum atomic E-state index is -0.162. The van der Waals surface area contributed by atoms with Gasteiger partial charge in [-0.15, -0.1) is 11.8 Å². The van der Waals surface area contributed by atoms with Crippen molar-refractivity contribution in [1.29, 1.82) is 0 Å². The third-order valence-corrected chi connectivity index (χ3v) is 3.76. The summed E-state index contributed by atoms with van der Waals surface area (Å²) in [6, 6.07) is 15.9. The van der Waals surface area contributed by atoms with E-state index in [0.717, 1.165) is 16.9 Å². The quantitative estimate of drug-likeness (QED) is 0.854. The first-order valence-corrected chi connectivity index (χ1v) is 7.01. The highest BCUT2D eigenvalue weighted by molar-refractivity contribution is 7.98. The Hall–Kier alpha value is -1.45. The number of thioether (sulfide) groups is 1. The fraction of sp³-hybridized carbons (Fsp3) is 0.200. The molecule has 1 atom stereocenters. The molecule has 2 nitrogen and oxygen atoms in total. The van der Waals surface area contributed by atoms with Crippen LogP contribution in [0.4, 0.5) is 0 Å². The molecule has 0 radical (unpaired) electrons. The van der Waals surface area contributed by atoms with Crippen molar-refractivity contribution in [3.63, 3.8) is 0 Å². The van der Waals surface area contributed by atoms with Crippen LogP contribution < -0.4 is 10.5 Å². The van der Waals surface area contributed by atoms with Crippen LogP contribution in [-0.4, -0.2) is 13.4 Å². The molecule has 0 fully saturated rings. The predicted octanol–water partition coefficient (Wildman–Crippen LogP) is 3.47. The van der Waals surface area contributed by atoms with Gasteiger partial charge in [-0.2, -0.15) is 0 Å². The molecule has 2 N–H and O–H groups in total. The van der Waals surface area contributed by atoms with Crippen molar-refractivity contribution in [3.8, 4) is 5.75 Å². The standard InChI is InChI=1S/C15H17NOS/c1-17-13-9-5-3-7-11(13)15(16)12-8-4-6-10-14(12)18-2/h3-10,15H,16H2,1-2H3. The molecule has 0 aliphatic heterocycles. The van der Waals surface area contributed by atoms with Gasteiger partial charge in [-0.3, -0.25) is 0 Å². The Morgan fingerprint density at radius 3 is 2.28 bits per heavy atom. The number of para-hydroxylation sites is 1. The first-order chi connectivity index (χ1) is 8.77. The Kier molecular flexibility index (Phi) is 4.28. The van der Waals surface area contributed by atoms with Gasteiger partial charge in [0.05, 0.1) is 13.2 Å². The van der Waals surface area contributed by atoms with Crippen LogP contribution in [0, 0.1) is 0 Å². The first kappa shape index (κ1) is 13.0. The molecular formula is C15H17NOS. The summed E-state index contributed by atoms with van der Waals surface area (Å²) >= 11 is 1.71. The number of benzene rings is 2. The second-order valence-electron chi connectivity index (χ2n) is 3.96. The van der Waals surface area contributed by atoms with E-state index in [0.29, 0.717) is 0 Å². The van der Waals surface area contributed by atoms with Crippen molar-refractivity contribution < 1.29 is 4.74 Å². The highest BCUT2D eigenvalue weighted by Crippen LogP contribution is 2.32. The van der Waals surface area contributed by atoms with Crippen LogP contribution in [0.15, 0.2) is 53.4 Å². The number of hydrogen-bond acceptors (Lipinski definition) is 3. The second-order valence-corrected chi connectivity index (χ2v) is 4.81. The van der Waals surface area contributed by atoms with Gasteiger partial charge in [-0.1, -0.05) is 36.4 Å². The van der Waals surface area contributed by atoms with Crippen molar-refractivity contribution in [1.82, 2.24) is 0 Å². The Morgan fingerprint density at radius 1 is 1.00 bits per heavy atom. The van der Waals surface area contributed by atoms with Crippen LogP contribution in [-0.2, 0) is 0 Å². The molecule has 0 saturated carbocycles. The molecule has 0 spiro atoms. The van der Waals surface area contributed by atoms with Gasteiger partial charge in [0.25, 0.3) is 0 Å². The average Bonchev–Trinajstić information content (AvgIpc) is 2.46. The summed E-state index contributed by atoms with van der Waals surface area (Å²) < 4.78 is 5.37. The molecule has 2 aromatic rings. The number of ether oxygens (including phenoxy) is 1. The normalized spacial score (nSPS) is 12.2. The van der Waals surface area contributed by atoms with E-state index in [4.69, 9.17) is 10.5 Å². The maximum Gasteiger partial charge on any atom is 0.123 e. The summed E-state index contributed by atoms with van der Waals surface area (Å²) in [5.74, 6) is 0.834. The van der Waals surface area contributed by atoms with Crippen LogP contribution in [0.2, 0.25) is 0 Å². The molecule has 0 aromatic heterocycles. The van der Waals surface area contributed by atoms with Gasteiger partial charge >= 0.3 is 0 Å². The molecule has 18 heavy (non-hydrogen) atoms. The zero-order valence-electron chi connectivity index (χ0n) is 10.6. The zero-order valence-corrected chi connectivity index (χ0v) is 11.4. The number of nitrogens with two attached hydrogens (primary N) is 1. The highest BCUT2D eigenvalue weighted by Gasteiger charge is 2.15. The van der Waals surface area contributed by atoms with Crippen LogP contribution >= 0.6 is 11.8 Å². The number of methoxy groups -OCH3 is 1. The summed E-state index contributed by atoms with van der Waals surface area (Å²) in [5.41, 5.74) is 8.52. The Morgan fingerprint density at radius 2 is 1.61 bits per heavy atom. The van der Waals surface area contributed by atoms with Crippen LogP contribution in [0.5, 0.6) is 5.75 Å². The number of rotatable bonds is 4. The van der Waals surface area contributed by atoms with E-state index in [1.54, 1.807) is 18.9 Å². The lowest BCUT2D eigenvalue weighted by Crippen LogP contribution is -2.13. The maximum atomic E-state index is 6.38. The van der Waals surface area contributed by atoms with Crippen molar-refractivity contribution in [2.45, 2.75) is 10.9 Å². The zero-order chi connectivity index (χ0) is 13.0. The molecule has 0 heterocycles. The van der Waals surface area contributed by atoms with E-state index in [1.807, 2.05) is 36.4 Å². The van der Waals surface area contributed by atoms with E-state index in [-0.39, 0.29) is 6.04 Å². The van der Waals surface area contributed by atoms with Gasteiger partial charge < -0.3 is 10.5 Å². The Bertz CT molecular complexity index is 480. The van der Waals surface area contributed by atoms with Crippen LogP contribution in [0.25, 0.3) is 0 Å². The molecule has 3 heteroatoms. The number of hydrogen-bond donors (Lipinski definition) is 1. The third-order valence-electron chi connectivity index (χ3n) is 2.95. The minimum absolute atomic E-state index is 0.162. The molecular weight excluding hydrogens is 242 g/mol. The van der Waals surface area contributed by atoms with Crippen molar-refractivity contribution >= 4 is 11.8 Å².